The Balaban J connectivity index is 0.000000696. The number of ether oxygens (including phenoxy) is 1. The number of rotatable bonds is 6. The number of allylic oxidation sites excluding steroid dienone is 3. The third kappa shape index (κ3) is 8.08. The molecule has 176 valence electrons. The van der Waals surface area contributed by atoms with Gasteiger partial charge < -0.3 is 15.4 Å². The Bertz CT molecular complexity index is 1020. The van der Waals surface area contributed by atoms with Crippen LogP contribution in [0.1, 0.15) is 58.3 Å². The van der Waals surface area contributed by atoms with Gasteiger partial charge in [-0.3, -0.25) is 4.98 Å². The van der Waals surface area contributed by atoms with Crippen molar-refractivity contribution >= 4 is 22.4 Å². The minimum atomic E-state index is 0.313. The zero-order chi connectivity index (χ0) is 24.1. The number of hydrogen-bond acceptors (Lipinski definition) is 6. The average molecular weight is 449 g/mol. The summed E-state index contributed by atoms with van der Waals surface area (Å²) in [6.07, 6.45) is 10.6. The van der Waals surface area contributed by atoms with Crippen molar-refractivity contribution in [3.05, 3.63) is 54.0 Å². The van der Waals surface area contributed by atoms with Crippen LogP contribution in [0.5, 0.6) is 0 Å². The molecule has 0 radical (unpaired) electrons. The standard InChI is InChI=1S/C22H29N5O.C4H7N/c1-4-5-6-7-20(25-17(3)27-10-11-28-15-16(27)2)21-9-8-18-14-24-19(13-23)12-22(18)26-21;1-2-3-4-5/h5-9,12,14,16H,4,10-11,13,15,23H2,1-3H3;2-3H2,1H3/b6-5+,20-7-,25-17?;. The normalized spacial score (nSPS) is 17.1. The Hall–Kier alpha value is -3.08. The Morgan fingerprint density at radius 1 is 1.39 bits per heavy atom. The number of hydrogen-bond donors (Lipinski definition) is 1. The van der Waals surface area contributed by atoms with Gasteiger partial charge in [0.1, 0.15) is 5.84 Å². The smallest absolute Gasteiger partial charge is 0.102 e. The summed E-state index contributed by atoms with van der Waals surface area (Å²) in [5, 5.41) is 8.81. The van der Waals surface area contributed by atoms with E-state index in [9.17, 15) is 0 Å². The van der Waals surface area contributed by atoms with Gasteiger partial charge in [-0.15, -0.1) is 0 Å². The summed E-state index contributed by atoms with van der Waals surface area (Å²) in [6, 6.07) is 8.30. The highest BCUT2D eigenvalue weighted by Gasteiger charge is 2.20. The van der Waals surface area contributed by atoms with Crippen molar-refractivity contribution in [2.75, 3.05) is 19.8 Å². The fourth-order valence-corrected chi connectivity index (χ4v) is 3.35. The van der Waals surface area contributed by atoms with Crippen LogP contribution in [0.15, 0.2) is 47.6 Å². The van der Waals surface area contributed by atoms with Crippen molar-refractivity contribution in [2.24, 2.45) is 10.7 Å². The Morgan fingerprint density at radius 3 is 2.85 bits per heavy atom. The topological polar surface area (TPSA) is 100 Å². The van der Waals surface area contributed by atoms with Crippen molar-refractivity contribution < 1.29 is 4.74 Å². The molecule has 3 heterocycles. The third-order valence-corrected chi connectivity index (χ3v) is 5.16. The molecule has 2 N–H and O–H groups in total. The van der Waals surface area contributed by atoms with E-state index in [4.69, 9.17) is 25.7 Å². The van der Waals surface area contributed by atoms with E-state index in [1.165, 1.54) is 0 Å². The summed E-state index contributed by atoms with van der Waals surface area (Å²) in [5.41, 5.74) is 9.12. The lowest BCUT2D eigenvalue weighted by Crippen LogP contribution is -2.46. The van der Waals surface area contributed by atoms with Crippen LogP contribution in [0.2, 0.25) is 0 Å². The molecule has 0 amide bonds. The molecule has 1 unspecified atom stereocenters. The molecule has 7 nitrogen and oxygen atoms in total. The Labute approximate surface area is 197 Å². The minimum absolute atomic E-state index is 0.313. The molecule has 33 heavy (non-hydrogen) atoms. The molecular formula is C26H36N6O. The lowest BCUT2D eigenvalue weighted by atomic mass is 10.2. The Kier molecular flexibility index (Phi) is 11.2. The zero-order valence-corrected chi connectivity index (χ0v) is 20.3. The van der Waals surface area contributed by atoms with Gasteiger partial charge >= 0.3 is 0 Å². The summed E-state index contributed by atoms with van der Waals surface area (Å²) >= 11 is 0. The number of morpholine rings is 1. The van der Waals surface area contributed by atoms with Crippen molar-refractivity contribution in [1.29, 1.82) is 5.26 Å². The maximum absolute atomic E-state index is 7.82. The summed E-state index contributed by atoms with van der Waals surface area (Å²) in [4.78, 5) is 16.4. The van der Waals surface area contributed by atoms with Gasteiger partial charge in [0.15, 0.2) is 0 Å². The molecule has 0 aliphatic carbocycles. The van der Waals surface area contributed by atoms with Crippen LogP contribution in [0.3, 0.4) is 0 Å². The molecule has 1 atom stereocenters. The first-order valence-corrected chi connectivity index (χ1v) is 11.6. The predicted molar refractivity (Wildman–Crippen MR) is 135 cm³/mol. The molecule has 1 aliphatic heterocycles. The van der Waals surface area contributed by atoms with E-state index in [0.717, 1.165) is 66.4 Å². The first-order chi connectivity index (χ1) is 16.0. The molecule has 0 bridgehead atoms. The second-order valence-electron chi connectivity index (χ2n) is 7.84. The number of nitrogens with two attached hydrogens (primary N) is 1. The van der Waals surface area contributed by atoms with Crippen LogP contribution in [-0.2, 0) is 11.3 Å². The van der Waals surface area contributed by atoms with Gasteiger partial charge in [-0.25, -0.2) is 9.98 Å². The van der Waals surface area contributed by atoms with E-state index >= 15 is 0 Å². The van der Waals surface area contributed by atoms with Gasteiger partial charge in [0.05, 0.1) is 47.9 Å². The lowest BCUT2D eigenvalue weighted by molar-refractivity contribution is 0.0330. The maximum Gasteiger partial charge on any atom is 0.102 e. The number of nitriles is 1. The predicted octanol–water partition coefficient (Wildman–Crippen LogP) is 4.84. The largest absolute Gasteiger partial charge is 0.377 e. The molecular weight excluding hydrogens is 412 g/mol. The van der Waals surface area contributed by atoms with Crippen molar-refractivity contribution in [2.45, 2.75) is 59.5 Å². The second-order valence-corrected chi connectivity index (χ2v) is 7.84. The van der Waals surface area contributed by atoms with E-state index in [1.807, 2.05) is 49.5 Å². The average Bonchev–Trinajstić information content (AvgIpc) is 2.84. The van der Waals surface area contributed by atoms with Crippen LogP contribution >= 0.6 is 0 Å². The number of pyridine rings is 2. The summed E-state index contributed by atoms with van der Waals surface area (Å²) in [6.45, 7) is 11.0. The van der Waals surface area contributed by atoms with Gasteiger partial charge in [-0.05, 0) is 51.0 Å². The van der Waals surface area contributed by atoms with Crippen LogP contribution in [0.4, 0.5) is 0 Å². The fraction of sp³-hybridized carbons (Fsp3) is 0.462. The number of nitrogens with zero attached hydrogens (tertiary/aromatic N) is 5. The summed E-state index contributed by atoms with van der Waals surface area (Å²) in [7, 11) is 0. The minimum Gasteiger partial charge on any atom is -0.377 e. The molecule has 1 fully saturated rings. The molecule has 0 saturated carbocycles. The fourth-order valence-electron chi connectivity index (χ4n) is 3.35. The molecule has 1 aliphatic rings. The van der Waals surface area contributed by atoms with Gasteiger partial charge in [0.2, 0.25) is 0 Å². The summed E-state index contributed by atoms with van der Waals surface area (Å²) in [5.74, 6) is 0.978. The number of aliphatic imine (C=N–C) groups is 1. The monoisotopic (exact) mass is 448 g/mol. The second kappa shape index (κ2) is 14.1. The Morgan fingerprint density at radius 2 is 2.21 bits per heavy atom. The SMILES string of the molecule is CC/C=C/C=C(\N=C(C)N1CCOCC1C)c1ccc2cnc(CN)cc2n1.CCCC#N. The van der Waals surface area contributed by atoms with Crippen molar-refractivity contribution in [1.82, 2.24) is 14.9 Å². The van der Waals surface area contributed by atoms with Gasteiger partial charge in [-0.1, -0.05) is 26.0 Å². The molecule has 3 rings (SSSR count). The molecule has 1 saturated heterocycles. The highest BCUT2D eigenvalue weighted by molar-refractivity contribution is 5.87. The summed E-state index contributed by atoms with van der Waals surface area (Å²) < 4.78 is 5.55. The molecule has 7 heteroatoms. The molecule has 2 aromatic heterocycles. The van der Waals surface area contributed by atoms with E-state index in [2.05, 4.69) is 36.7 Å². The van der Waals surface area contributed by atoms with E-state index in [0.29, 0.717) is 19.0 Å². The van der Waals surface area contributed by atoms with Gasteiger partial charge in [0.25, 0.3) is 0 Å². The van der Waals surface area contributed by atoms with E-state index in [-0.39, 0.29) is 0 Å². The van der Waals surface area contributed by atoms with Crippen LogP contribution in [0, 0.1) is 11.3 Å². The zero-order valence-electron chi connectivity index (χ0n) is 20.3. The highest BCUT2D eigenvalue weighted by atomic mass is 16.5. The number of unbranched alkanes of at least 4 members (excludes halogenated alkanes) is 1. The maximum atomic E-state index is 7.82. The lowest BCUT2D eigenvalue weighted by Gasteiger charge is -2.34. The van der Waals surface area contributed by atoms with Crippen LogP contribution < -0.4 is 5.73 Å². The number of fused-ring (bicyclic) bond motifs is 1. The van der Waals surface area contributed by atoms with Crippen molar-refractivity contribution in [3.63, 3.8) is 0 Å². The van der Waals surface area contributed by atoms with Gasteiger partial charge in [0, 0.05) is 31.1 Å². The van der Waals surface area contributed by atoms with Crippen LogP contribution in [-0.4, -0.2) is 46.5 Å². The quantitative estimate of drug-likeness (QED) is 0.385. The van der Waals surface area contributed by atoms with Crippen molar-refractivity contribution in [3.8, 4) is 6.07 Å². The van der Waals surface area contributed by atoms with E-state index in [1.54, 1.807) is 0 Å². The first-order valence-electron chi connectivity index (χ1n) is 11.6. The third-order valence-electron chi connectivity index (χ3n) is 5.16. The number of aromatic nitrogens is 2. The molecule has 0 aromatic carbocycles. The highest BCUT2D eigenvalue weighted by Crippen LogP contribution is 2.20. The molecule has 2 aromatic rings. The van der Waals surface area contributed by atoms with Crippen LogP contribution in [0.25, 0.3) is 16.6 Å². The molecule has 0 spiro atoms. The van der Waals surface area contributed by atoms with E-state index < -0.39 is 0 Å². The first kappa shape index (κ1) is 26.2. The number of amidine groups is 1. The van der Waals surface area contributed by atoms with Gasteiger partial charge in [-0.2, -0.15) is 5.26 Å².